The van der Waals surface area contributed by atoms with Crippen molar-refractivity contribution in [3.05, 3.63) is 23.8 Å². The van der Waals surface area contributed by atoms with Crippen molar-refractivity contribution in [1.29, 1.82) is 0 Å². The highest BCUT2D eigenvalue weighted by molar-refractivity contribution is 5.43. The van der Waals surface area contributed by atoms with Crippen LogP contribution in [0.2, 0.25) is 0 Å². The molecule has 3 rings (SSSR count). The van der Waals surface area contributed by atoms with Gasteiger partial charge in [-0.25, -0.2) is 0 Å². The number of fused-ring (bicyclic) bond motifs is 1. The average molecular weight is 277 g/mol. The second-order valence-corrected chi connectivity index (χ2v) is 5.46. The van der Waals surface area contributed by atoms with Gasteiger partial charge in [0.15, 0.2) is 11.5 Å². The van der Waals surface area contributed by atoms with Crippen molar-refractivity contribution in [3.8, 4) is 11.5 Å². The quantitative estimate of drug-likeness (QED) is 0.897. The lowest BCUT2D eigenvalue weighted by Crippen LogP contribution is -2.45. The minimum Gasteiger partial charge on any atom is -0.490 e. The fourth-order valence-electron chi connectivity index (χ4n) is 2.68. The average Bonchev–Trinajstić information content (AvgIpc) is 2.65. The van der Waals surface area contributed by atoms with Gasteiger partial charge in [-0.05, 0) is 37.5 Å². The third-order valence-corrected chi connectivity index (χ3v) is 3.90. The molecule has 0 spiro atoms. The minimum absolute atomic E-state index is 0.460. The van der Waals surface area contributed by atoms with Crippen LogP contribution in [0.5, 0.6) is 11.5 Å². The van der Waals surface area contributed by atoms with Gasteiger partial charge in [0.25, 0.3) is 0 Å². The van der Waals surface area contributed by atoms with Crippen molar-refractivity contribution in [3.63, 3.8) is 0 Å². The summed E-state index contributed by atoms with van der Waals surface area (Å²) < 4.78 is 16.9. The van der Waals surface area contributed by atoms with Crippen LogP contribution in [0, 0.1) is 0 Å². The lowest BCUT2D eigenvalue weighted by Gasteiger charge is -2.35. The first-order valence-corrected chi connectivity index (χ1v) is 7.58. The normalized spacial score (nSPS) is 24.9. The van der Waals surface area contributed by atoms with E-state index in [1.165, 1.54) is 5.56 Å². The smallest absolute Gasteiger partial charge is 0.161 e. The van der Waals surface area contributed by atoms with Crippen LogP contribution < -0.4 is 14.8 Å². The summed E-state index contributed by atoms with van der Waals surface area (Å²) in [6.45, 7) is 5.23. The lowest BCUT2D eigenvalue weighted by molar-refractivity contribution is -0.0102. The van der Waals surface area contributed by atoms with Crippen LogP contribution in [0.1, 0.15) is 31.7 Å². The minimum atomic E-state index is 0.460. The second kappa shape index (κ2) is 6.46. The topological polar surface area (TPSA) is 39.7 Å². The molecule has 110 valence electrons. The molecule has 4 nitrogen and oxygen atoms in total. The molecule has 1 saturated carbocycles. The van der Waals surface area contributed by atoms with Gasteiger partial charge in [-0.2, -0.15) is 0 Å². The number of benzene rings is 1. The maximum absolute atomic E-state index is 5.71. The number of ether oxygens (including phenoxy) is 3. The van der Waals surface area contributed by atoms with Crippen LogP contribution in [-0.4, -0.2) is 32.0 Å². The third-order valence-electron chi connectivity index (χ3n) is 3.90. The number of hydrogen-bond donors (Lipinski definition) is 1. The summed E-state index contributed by atoms with van der Waals surface area (Å²) in [5, 5.41) is 3.57. The lowest BCUT2D eigenvalue weighted by atomic mass is 9.89. The van der Waals surface area contributed by atoms with E-state index in [2.05, 4.69) is 24.4 Å². The first-order chi connectivity index (χ1) is 9.85. The Balaban J connectivity index is 1.50. The monoisotopic (exact) mass is 277 g/mol. The summed E-state index contributed by atoms with van der Waals surface area (Å²) in [4.78, 5) is 0. The Labute approximate surface area is 120 Å². The SMILES string of the molecule is CCOC1CC(NCc2ccc3c(c2)OCCCO3)C1. The molecule has 0 unspecified atom stereocenters. The van der Waals surface area contributed by atoms with Crippen LogP contribution >= 0.6 is 0 Å². The molecule has 2 aliphatic rings. The van der Waals surface area contributed by atoms with Gasteiger partial charge in [0.05, 0.1) is 19.3 Å². The summed E-state index contributed by atoms with van der Waals surface area (Å²) in [6, 6.07) is 6.80. The van der Waals surface area contributed by atoms with Crippen LogP contribution in [0.15, 0.2) is 18.2 Å². The van der Waals surface area contributed by atoms with Crippen LogP contribution in [-0.2, 0) is 11.3 Å². The summed E-state index contributed by atoms with van der Waals surface area (Å²) in [5.41, 5.74) is 1.24. The van der Waals surface area contributed by atoms with E-state index in [-0.39, 0.29) is 0 Å². The molecule has 0 bridgehead atoms. The van der Waals surface area contributed by atoms with Gasteiger partial charge in [-0.15, -0.1) is 0 Å². The second-order valence-electron chi connectivity index (χ2n) is 5.46. The van der Waals surface area contributed by atoms with E-state index < -0.39 is 0 Å². The summed E-state index contributed by atoms with van der Waals surface area (Å²) in [7, 11) is 0. The van der Waals surface area contributed by atoms with Crippen molar-refractivity contribution in [1.82, 2.24) is 5.32 Å². The Morgan fingerprint density at radius 2 is 2.00 bits per heavy atom. The largest absolute Gasteiger partial charge is 0.490 e. The molecule has 1 heterocycles. The zero-order chi connectivity index (χ0) is 13.8. The fourth-order valence-corrected chi connectivity index (χ4v) is 2.68. The molecule has 1 aromatic rings. The predicted octanol–water partition coefficient (Wildman–Crippen LogP) is 2.51. The number of hydrogen-bond acceptors (Lipinski definition) is 4. The highest BCUT2D eigenvalue weighted by Crippen LogP contribution is 2.30. The molecule has 4 heteroatoms. The van der Waals surface area contributed by atoms with Gasteiger partial charge in [-0.1, -0.05) is 6.07 Å². The molecule has 1 aliphatic carbocycles. The van der Waals surface area contributed by atoms with E-state index in [1.54, 1.807) is 0 Å². The van der Waals surface area contributed by atoms with Gasteiger partial charge >= 0.3 is 0 Å². The van der Waals surface area contributed by atoms with Gasteiger partial charge in [0.1, 0.15) is 0 Å². The zero-order valence-corrected chi connectivity index (χ0v) is 12.1. The predicted molar refractivity (Wildman–Crippen MR) is 77.3 cm³/mol. The number of nitrogens with one attached hydrogen (secondary N) is 1. The molecular formula is C16H23NO3. The van der Waals surface area contributed by atoms with E-state index >= 15 is 0 Å². The summed E-state index contributed by atoms with van der Waals surface area (Å²) in [5.74, 6) is 1.74. The first-order valence-electron chi connectivity index (χ1n) is 7.58. The van der Waals surface area contributed by atoms with E-state index in [4.69, 9.17) is 14.2 Å². The Morgan fingerprint density at radius 3 is 2.80 bits per heavy atom. The van der Waals surface area contributed by atoms with Crippen molar-refractivity contribution in [2.24, 2.45) is 0 Å². The van der Waals surface area contributed by atoms with Crippen molar-refractivity contribution in [2.45, 2.75) is 44.9 Å². The molecule has 1 fully saturated rings. The fraction of sp³-hybridized carbons (Fsp3) is 0.625. The van der Waals surface area contributed by atoms with Gasteiger partial charge in [0.2, 0.25) is 0 Å². The molecular weight excluding hydrogens is 254 g/mol. The molecule has 0 amide bonds. The van der Waals surface area contributed by atoms with E-state index in [0.29, 0.717) is 12.1 Å². The van der Waals surface area contributed by atoms with Crippen LogP contribution in [0.4, 0.5) is 0 Å². The molecule has 20 heavy (non-hydrogen) atoms. The molecule has 0 saturated heterocycles. The Hall–Kier alpha value is -1.26. The van der Waals surface area contributed by atoms with Crippen molar-refractivity contribution >= 4 is 0 Å². The zero-order valence-electron chi connectivity index (χ0n) is 12.1. The first kappa shape index (κ1) is 13.7. The number of rotatable bonds is 5. The summed E-state index contributed by atoms with van der Waals surface area (Å²) >= 11 is 0. The van der Waals surface area contributed by atoms with E-state index in [1.807, 2.05) is 6.07 Å². The van der Waals surface area contributed by atoms with Gasteiger partial charge in [0, 0.05) is 25.6 Å². The standard InChI is InChI=1S/C16H23NO3/c1-2-18-14-9-13(10-14)17-11-12-4-5-15-16(8-12)20-7-3-6-19-15/h4-5,8,13-14,17H,2-3,6-7,9-11H2,1H3. The Bertz CT molecular complexity index is 443. The molecule has 1 aromatic carbocycles. The Kier molecular flexibility index (Phi) is 4.43. The molecule has 1 aliphatic heterocycles. The molecule has 0 atom stereocenters. The van der Waals surface area contributed by atoms with Gasteiger partial charge < -0.3 is 19.5 Å². The Morgan fingerprint density at radius 1 is 1.20 bits per heavy atom. The molecule has 0 aromatic heterocycles. The van der Waals surface area contributed by atoms with E-state index in [9.17, 15) is 0 Å². The van der Waals surface area contributed by atoms with Crippen LogP contribution in [0.25, 0.3) is 0 Å². The summed E-state index contributed by atoms with van der Waals surface area (Å²) in [6.07, 6.45) is 3.65. The van der Waals surface area contributed by atoms with Crippen LogP contribution in [0.3, 0.4) is 0 Å². The maximum atomic E-state index is 5.71. The van der Waals surface area contributed by atoms with E-state index in [0.717, 1.165) is 57.1 Å². The molecule has 0 radical (unpaired) electrons. The highest BCUT2D eigenvalue weighted by atomic mass is 16.5. The maximum Gasteiger partial charge on any atom is 0.161 e. The third kappa shape index (κ3) is 3.25. The van der Waals surface area contributed by atoms with Crippen molar-refractivity contribution < 1.29 is 14.2 Å². The molecule has 1 N–H and O–H groups in total. The van der Waals surface area contributed by atoms with Gasteiger partial charge in [-0.3, -0.25) is 0 Å². The van der Waals surface area contributed by atoms with Crippen molar-refractivity contribution in [2.75, 3.05) is 19.8 Å². The highest BCUT2D eigenvalue weighted by Gasteiger charge is 2.28.